The summed E-state index contributed by atoms with van der Waals surface area (Å²) in [5.41, 5.74) is 0.272. The third-order valence-corrected chi connectivity index (χ3v) is 9.29. The molecule has 1 aliphatic rings. The maximum absolute atomic E-state index is 10.4. The molecule has 1 aliphatic carbocycles. The molecule has 2 nitrogen and oxygen atoms in total. The molecule has 0 radical (unpaired) electrons. The van der Waals surface area contributed by atoms with E-state index in [0.717, 1.165) is 24.8 Å². The van der Waals surface area contributed by atoms with Gasteiger partial charge in [0.15, 0.2) is 8.32 Å². The van der Waals surface area contributed by atoms with Crippen molar-refractivity contribution in [3.05, 3.63) is 12.2 Å². The zero-order chi connectivity index (χ0) is 14.9. The Labute approximate surface area is 119 Å². The smallest absolute Gasteiger partial charge is 0.192 e. The molecule has 0 aliphatic heterocycles. The van der Waals surface area contributed by atoms with Gasteiger partial charge in [0, 0.05) is 0 Å². The topological polar surface area (TPSA) is 29.5 Å². The molecule has 0 amide bonds. The van der Waals surface area contributed by atoms with Crippen LogP contribution in [-0.4, -0.2) is 26.1 Å². The van der Waals surface area contributed by atoms with Gasteiger partial charge in [0.25, 0.3) is 0 Å². The van der Waals surface area contributed by atoms with Crippen LogP contribution in [0, 0.1) is 17.8 Å². The first kappa shape index (κ1) is 16.5. The molecule has 0 heterocycles. The standard InChI is InChI=1S/C16H28O2Si/c1-8-16(11-9-10-13(2)14(16)17)12-18-19(6,7)15(3,4)5/h1,14,17H,2,9-12H2,3-7H3/t14-,16+/m0/s1. The van der Waals surface area contributed by atoms with Crippen molar-refractivity contribution in [2.45, 2.75) is 64.3 Å². The minimum atomic E-state index is -1.84. The van der Waals surface area contributed by atoms with Gasteiger partial charge in [-0.25, -0.2) is 0 Å². The lowest BCUT2D eigenvalue weighted by Gasteiger charge is -2.43. The normalized spacial score (nSPS) is 29.1. The molecule has 2 atom stereocenters. The number of hydrogen-bond donors (Lipinski definition) is 1. The fourth-order valence-electron chi connectivity index (χ4n) is 2.16. The highest BCUT2D eigenvalue weighted by molar-refractivity contribution is 6.74. The minimum Gasteiger partial charge on any atom is -0.415 e. The quantitative estimate of drug-likeness (QED) is 0.485. The first-order valence-corrected chi connectivity index (χ1v) is 9.94. The molecule has 0 aromatic heterocycles. The van der Waals surface area contributed by atoms with E-state index in [2.05, 4.69) is 46.4 Å². The van der Waals surface area contributed by atoms with Crippen molar-refractivity contribution in [1.29, 1.82) is 0 Å². The SMILES string of the molecule is C#C[C@]1(CO[Si](C)(C)C(C)(C)C)CCCC(=C)[C@@H]1O. The first-order valence-electron chi connectivity index (χ1n) is 7.03. The zero-order valence-electron chi connectivity index (χ0n) is 13.0. The van der Waals surface area contributed by atoms with Crippen LogP contribution in [0.3, 0.4) is 0 Å². The van der Waals surface area contributed by atoms with E-state index in [4.69, 9.17) is 10.8 Å². The summed E-state index contributed by atoms with van der Waals surface area (Å²) in [5.74, 6) is 2.81. The zero-order valence-corrected chi connectivity index (χ0v) is 14.0. The highest BCUT2D eigenvalue weighted by atomic mass is 28.4. The Kier molecular flexibility index (Phi) is 4.72. The molecule has 19 heavy (non-hydrogen) atoms. The van der Waals surface area contributed by atoms with Crippen LogP contribution in [0.15, 0.2) is 12.2 Å². The number of aliphatic hydroxyl groups is 1. The van der Waals surface area contributed by atoms with Crippen LogP contribution in [0.4, 0.5) is 0 Å². The summed E-state index contributed by atoms with van der Waals surface area (Å²) >= 11 is 0. The molecule has 3 heteroatoms. The van der Waals surface area contributed by atoms with Crippen LogP contribution >= 0.6 is 0 Å². The first-order chi connectivity index (χ1) is 8.56. The van der Waals surface area contributed by atoms with Gasteiger partial charge in [-0.3, -0.25) is 0 Å². The molecule has 0 bridgehead atoms. The molecule has 0 saturated heterocycles. The highest BCUT2D eigenvalue weighted by Gasteiger charge is 2.44. The Morgan fingerprint density at radius 2 is 2.11 bits per heavy atom. The molecule has 0 aromatic carbocycles. The van der Waals surface area contributed by atoms with Crippen LogP contribution in [0.25, 0.3) is 0 Å². The Morgan fingerprint density at radius 3 is 2.58 bits per heavy atom. The van der Waals surface area contributed by atoms with Crippen LogP contribution in [-0.2, 0) is 4.43 Å². The van der Waals surface area contributed by atoms with Gasteiger partial charge in [0.2, 0.25) is 0 Å². The lowest BCUT2D eigenvalue weighted by molar-refractivity contribution is 0.0281. The molecule has 1 N–H and O–H groups in total. The van der Waals surface area contributed by atoms with Gasteiger partial charge >= 0.3 is 0 Å². The number of rotatable bonds is 3. The average Bonchev–Trinajstić information content (AvgIpc) is 2.30. The van der Waals surface area contributed by atoms with E-state index in [0.29, 0.717) is 6.61 Å². The van der Waals surface area contributed by atoms with E-state index in [9.17, 15) is 5.11 Å². The van der Waals surface area contributed by atoms with Crippen molar-refractivity contribution in [3.8, 4) is 12.3 Å². The largest absolute Gasteiger partial charge is 0.415 e. The summed E-state index contributed by atoms with van der Waals surface area (Å²) in [6, 6.07) is 0. The van der Waals surface area contributed by atoms with Crippen molar-refractivity contribution >= 4 is 8.32 Å². The van der Waals surface area contributed by atoms with Gasteiger partial charge < -0.3 is 9.53 Å². The van der Waals surface area contributed by atoms with Crippen LogP contribution in [0.5, 0.6) is 0 Å². The Balaban J connectivity index is 2.84. The maximum atomic E-state index is 10.4. The maximum Gasteiger partial charge on any atom is 0.192 e. The molecule has 1 fully saturated rings. The van der Waals surface area contributed by atoms with Crippen LogP contribution in [0.1, 0.15) is 40.0 Å². The number of aliphatic hydroxyl groups excluding tert-OH is 1. The lowest BCUT2D eigenvalue weighted by Crippen LogP contribution is -2.48. The van der Waals surface area contributed by atoms with Gasteiger partial charge in [-0.05, 0) is 43.0 Å². The molecule has 0 unspecified atom stereocenters. The monoisotopic (exact) mass is 280 g/mol. The van der Waals surface area contributed by atoms with Crippen molar-refractivity contribution < 1.29 is 9.53 Å². The summed E-state index contributed by atoms with van der Waals surface area (Å²) in [5, 5.41) is 10.5. The van der Waals surface area contributed by atoms with Gasteiger partial charge in [0.05, 0.1) is 18.1 Å². The van der Waals surface area contributed by atoms with E-state index < -0.39 is 19.8 Å². The van der Waals surface area contributed by atoms with Crippen molar-refractivity contribution in [1.82, 2.24) is 0 Å². The molecular weight excluding hydrogens is 252 g/mol. The van der Waals surface area contributed by atoms with E-state index >= 15 is 0 Å². The van der Waals surface area contributed by atoms with Crippen LogP contribution in [0.2, 0.25) is 18.1 Å². The summed E-state index contributed by atoms with van der Waals surface area (Å²) in [7, 11) is -1.84. The van der Waals surface area contributed by atoms with E-state index in [1.54, 1.807) is 0 Å². The molecule has 0 aromatic rings. The van der Waals surface area contributed by atoms with Crippen molar-refractivity contribution in [2.75, 3.05) is 6.61 Å². The van der Waals surface area contributed by atoms with E-state index in [-0.39, 0.29) is 5.04 Å². The number of hydrogen-bond acceptors (Lipinski definition) is 2. The summed E-state index contributed by atoms with van der Waals surface area (Å²) < 4.78 is 6.24. The molecule has 0 spiro atoms. The Hall–Kier alpha value is -0.563. The summed E-state index contributed by atoms with van der Waals surface area (Å²) in [6.45, 7) is 15.4. The lowest BCUT2D eigenvalue weighted by atomic mass is 9.71. The predicted octanol–water partition coefficient (Wildman–Crippen LogP) is 3.73. The van der Waals surface area contributed by atoms with Gasteiger partial charge in [-0.1, -0.05) is 33.3 Å². The van der Waals surface area contributed by atoms with Gasteiger partial charge in [0.1, 0.15) is 0 Å². The third-order valence-electron chi connectivity index (χ3n) is 4.82. The fourth-order valence-corrected chi connectivity index (χ4v) is 3.22. The van der Waals surface area contributed by atoms with Crippen molar-refractivity contribution in [3.63, 3.8) is 0 Å². The summed E-state index contributed by atoms with van der Waals surface area (Å²) in [6.07, 6.45) is 7.76. The molecular formula is C16H28O2Si. The molecule has 1 rings (SSSR count). The highest BCUT2D eigenvalue weighted by Crippen LogP contribution is 2.42. The van der Waals surface area contributed by atoms with E-state index in [1.165, 1.54) is 0 Å². The van der Waals surface area contributed by atoms with Gasteiger partial charge in [-0.15, -0.1) is 6.42 Å². The van der Waals surface area contributed by atoms with Gasteiger partial charge in [-0.2, -0.15) is 0 Å². The summed E-state index contributed by atoms with van der Waals surface area (Å²) in [4.78, 5) is 0. The second-order valence-corrected chi connectivity index (χ2v) is 12.1. The average molecular weight is 280 g/mol. The van der Waals surface area contributed by atoms with Crippen LogP contribution < -0.4 is 0 Å². The second-order valence-electron chi connectivity index (χ2n) is 7.26. The second kappa shape index (κ2) is 5.44. The number of terminal acetylenes is 1. The fraction of sp³-hybridized carbons (Fsp3) is 0.750. The Bertz CT molecular complexity index is 387. The van der Waals surface area contributed by atoms with E-state index in [1.807, 2.05) is 0 Å². The molecule has 1 saturated carbocycles. The Morgan fingerprint density at radius 1 is 1.53 bits per heavy atom. The predicted molar refractivity (Wildman–Crippen MR) is 83.4 cm³/mol. The van der Waals surface area contributed by atoms with Crippen molar-refractivity contribution in [2.24, 2.45) is 5.41 Å². The minimum absolute atomic E-state index is 0.152. The third kappa shape index (κ3) is 3.31. The molecule has 108 valence electrons.